The van der Waals surface area contributed by atoms with Crippen LogP contribution in [0.25, 0.3) is 0 Å². The monoisotopic (exact) mass is 401 g/mol. The van der Waals surface area contributed by atoms with Crippen LogP contribution in [0.1, 0.15) is 37.3 Å². The van der Waals surface area contributed by atoms with E-state index in [0.29, 0.717) is 21.9 Å². The molecule has 2 aromatic carbocycles. The van der Waals surface area contributed by atoms with Crippen LogP contribution < -0.4 is 0 Å². The quantitative estimate of drug-likeness (QED) is 0.674. The largest absolute Gasteiger partial charge is 0.463 e. The van der Waals surface area contributed by atoms with Gasteiger partial charge in [0.05, 0.1) is 18.7 Å². The number of carbonyl (C=O) groups is 2. The Kier molecular flexibility index (Phi) is 6.15. The Morgan fingerprint density at radius 2 is 2.00 bits per heavy atom. The number of allylic oxidation sites excluding steroid dienone is 1. The van der Waals surface area contributed by atoms with E-state index in [0.717, 1.165) is 5.56 Å². The van der Waals surface area contributed by atoms with Gasteiger partial charge in [-0.25, -0.2) is 9.18 Å². The number of halogens is 2. The van der Waals surface area contributed by atoms with Crippen LogP contribution in [-0.4, -0.2) is 23.4 Å². The number of hydrogen-bond donors (Lipinski definition) is 0. The summed E-state index contributed by atoms with van der Waals surface area (Å²) in [5.41, 5.74) is 2.38. The molecule has 0 N–H and O–H groups in total. The number of amides is 1. The van der Waals surface area contributed by atoms with Gasteiger partial charge in [0, 0.05) is 23.1 Å². The van der Waals surface area contributed by atoms with E-state index in [1.165, 1.54) is 17.0 Å². The van der Waals surface area contributed by atoms with Gasteiger partial charge in [-0.05, 0) is 49.2 Å². The third kappa shape index (κ3) is 4.25. The third-order valence-electron chi connectivity index (χ3n) is 4.80. The molecule has 6 heteroatoms. The molecular formula is C22H21ClFNO3. The molecule has 0 saturated carbocycles. The molecule has 1 unspecified atom stereocenters. The van der Waals surface area contributed by atoms with E-state index in [9.17, 15) is 14.0 Å². The van der Waals surface area contributed by atoms with Crippen molar-refractivity contribution in [3.05, 3.63) is 81.8 Å². The van der Waals surface area contributed by atoms with Crippen LogP contribution in [0.15, 0.2) is 59.8 Å². The van der Waals surface area contributed by atoms with Crippen LogP contribution in [0.4, 0.5) is 4.39 Å². The zero-order valence-electron chi connectivity index (χ0n) is 15.7. The van der Waals surface area contributed by atoms with Gasteiger partial charge >= 0.3 is 5.97 Å². The maximum atomic E-state index is 13.5. The smallest absolute Gasteiger partial charge is 0.336 e. The number of hydrogen-bond acceptors (Lipinski definition) is 3. The normalized spacial score (nSPS) is 17.1. The van der Waals surface area contributed by atoms with E-state index in [1.54, 1.807) is 44.2 Å². The molecule has 28 heavy (non-hydrogen) atoms. The lowest BCUT2D eigenvalue weighted by Gasteiger charge is -2.34. The Morgan fingerprint density at radius 1 is 1.25 bits per heavy atom. The molecule has 3 rings (SSSR count). The highest BCUT2D eigenvalue weighted by atomic mass is 35.5. The predicted molar refractivity (Wildman–Crippen MR) is 105 cm³/mol. The van der Waals surface area contributed by atoms with Crippen LogP contribution in [0.5, 0.6) is 0 Å². The van der Waals surface area contributed by atoms with E-state index in [4.69, 9.17) is 16.3 Å². The maximum absolute atomic E-state index is 13.5. The fraction of sp³-hybridized carbons (Fsp3) is 0.273. The summed E-state index contributed by atoms with van der Waals surface area (Å²) >= 11 is 6.11. The molecule has 2 aromatic rings. The summed E-state index contributed by atoms with van der Waals surface area (Å²) in [6.45, 7) is 3.88. The second kappa shape index (κ2) is 8.57. The summed E-state index contributed by atoms with van der Waals surface area (Å²) in [7, 11) is 0. The van der Waals surface area contributed by atoms with E-state index in [1.807, 2.05) is 6.07 Å². The Hall–Kier alpha value is -2.66. The van der Waals surface area contributed by atoms with Gasteiger partial charge in [-0.3, -0.25) is 4.79 Å². The van der Waals surface area contributed by atoms with Crippen molar-refractivity contribution in [1.29, 1.82) is 0 Å². The molecule has 1 aliphatic rings. The number of benzene rings is 2. The molecular weight excluding hydrogens is 381 g/mol. The molecule has 1 heterocycles. The van der Waals surface area contributed by atoms with Crippen molar-refractivity contribution in [3.63, 3.8) is 0 Å². The molecule has 0 fully saturated rings. The van der Waals surface area contributed by atoms with Crippen molar-refractivity contribution in [1.82, 2.24) is 4.90 Å². The SMILES string of the molecule is CCOC(=O)C1=C(C)N(Cc2cccc(F)c2)C(=O)CC1c1cccc(Cl)c1. The molecule has 0 bridgehead atoms. The molecule has 0 spiro atoms. The highest BCUT2D eigenvalue weighted by Crippen LogP contribution is 2.38. The molecule has 0 aromatic heterocycles. The first kappa shape index (κ1) is 20.1. The first-order valence-corrected chi connectivity index (χ1v) is 9.46. The fourth-order valence-corrected chi connectivity index (χ4v) is 3.70. The van der Waals surface area contributed by atoms with Crippen molar-refractivity contribution in [2.75, 3.05) is 6.61 Å². The lowest BCUT2D eigenvalue weighted by atomic mass is 9.83. The van der Waals surface area contributed by atoms with Crippen LogP contribution in [0.3, 0.4) is 0 Å². The molecule has 4 nitrogen and oxygen atoms in total. The van der Waals surface area contributed by atoms with Crippen LogP contribution in [0, 0.1) is 5.82 Å². The average molecular weight is 402 g/mol. The molecule has 146 valence electrons. The molecule has 1 atom stereocenters. The van der Waals surface area contributed by atoms with Gasteiger partial charge in [0.15, 0.2) is 0 Å². The Bertz CT molecular complexity index is 941. The summed E-state index contributed by atoms with van der Waals surface area (Å²) in [5, 5.41) is 0.535. The summed E-state index contributed by atoms with van der Waals surface area (Å²) in [6, 6.07) is 13.2. The number of rotatable bonds is 5. The minimum Gasteiger partial charge on any atom is -0.463 e. The maximum Gasteiger partial charge on any atom is 0.336 e. The Labute approximate surface area is 168 Å². The standard InChI is InChI=1S/C22H21ClFNO3/c1-3-28-22(27)21-14(2)25(13-15-6-4-9-18(24)10-15)20(26)12-19(21)16-7-5-8-17(23)11-16/h4-11,19H,3,12-13H2,1-2H3. The number of nitrogens with zero attached hydrogens (tertiary/aromatic N) is 1. The van der Waals surface area contributed by atoms with E-state index in [2.05, 4.69) is 0 Å². The van der Waals surface area contributed by atoms with Gasteiger partial charge in [0.1, 0.15) is 5.82 Å². The topological polar surface area (TPSA) is 46.6 Å². The van der Waals surface area contributed by atoms with Crippen LogP contribution in [-0.2, 0) is 20.9 Å². The van der Waals surface area contributed by atoms with Gasteiger partial charge in [-0.1, -0.05) is 35.9 Å². The van der Waals surface area contributed by atoms with Crippen molar-refractivity contribution in [3.8, 4) is 0 Å². The highest BCUT2D eigenvalue weighted by Gasteiger charge is 2.36. The lowest BCUT2D eigenvalue weighted by molar-refractivity contribution is -0.140. The fourth-order valence-electron chi connectivity index (χ4n) is 3.50. The van der Waals surface area contributed by atoms with E-state index >= 15 is 0 Å². The second-order valence-corrected chi connectivity index (χ2v) is 7.08. The summed E-state index contributed by atoms with van der Waals surface area (Å²) in [6.07, 6.45) is 0.112. The molecule has 0 aliphatic carbocycles. The lowest BCUT2D eigenvalue weighted by Crippen LogP contribution is -2.38. The molecule has 0 radical (unpaired) electrons. The number of esters is 1. The zero-order chi connectivity index (χ0) is 20.3. The Morgan fingerprint density at radius 3 is 2.68 bits per heavy atom. The van der Waals surface area contributed by atoms with Crippen molar-refractivity contribution >= 4 is 23.5 Å². The minimum absolute atomic E-state index is 0.112. The van der Waals surface area contributed by atoms with Crippen molar-refractivity contribution < 1.29 is 18.7 Å². The van der Waals surface area contributed by atoms with Gasteiger partial charge in [-0.15, -0.1) is 0 Å². The van der Waals surface area contributed by atoms with Gasteiger partial charge in [0.25, 0.3) is 0 Å². The van der Waals surface area contributed by atoms with Crippen molar-refractivity contribution in [2.45, 2.75) is 32.7 Å². The Balaban J connectivity index is 2.03. The average Bonchev–Trinajstić information content (AvgIpc) is 2.65. The second-order valence-electron chi connectivity index (χ2n) is 6.64. The number of carbonyl (C=O) groups excluding carboxylic acids is 2. The van der Waals surface area contributed by atoms with Crippen LogP contribution >= 0.6 is 11.6 Å². The van der Waals surface area contributed by atoms with Crippen LogP contribution in [0.2, 0.25) is 5.02 Å². The highest BCUT2D eigenvalue weighted by molar-refractivity contribution is 6.30. The number of ether oxygens (including phenoxy) is 1. The first-order valence-electron chi connectivity index (χ1n) is 9.08. The third-order valence-corrected chi connectivity index (χ3v) is 5.03. The summed E-state index contributed by atoms with van der Waals surface area (Å²) in [4.78, 5) is 27.1. The van der Waals surface area contributed by atoms with Gasteiger partial charge in [-0.2, -0.15) is 0 Å². The van der Waals surface area contributed by atoms with E-state index < -0.39 is 11.9 Å². The first-order chi connectivity index (χ1) is 13.4. The van der Waals surface area contributed by atoms with Gasteiger partial charge in [0.2, 0.25) is 5.91 Å². The summed E-state index contributed by atoms with van der Waals surface area (Å²) in [5.74, 6) is -1.40. The minimum atomic E-state index is -0.457. The van der Waals surface area contributed by atoms with E-state index in [-0.39, 0.29) is 31.3 Å². The zero-order valence-corrected chi connectivity index (χ0v) is 16.5. The predicted octanol–water partition coefficient (Wildman–Crippen LogP) is 4.83. The summed E-state index contributed by atoms with van der Waals surface area (Å²) < 4.78 is 18.8. The van der Waals surface area contributed by atoms with Gasteiger partial charge < -0.3 is 9.64 Å². The molecule has 1 aliphatic heterocycles. The van der Waals surface area contributed by atoms with Crippen molar-refractivity contribution in [2.24, 2.45) is 0 Å². The molecule has 0 saturated heterocycles. The molecule has 1 amide bonds.